The average Bonchev–Trinajstić information content (AvgIpc) is 2.68. The summed E-state index contributed by atoms with van der Waals surface area (Å²) in [5.74, 6) is 0.0901. The monoisotopic (exact) mass is 419 g/mol. The van der Waals surface area contributed by atoms with Crippen LogP contribution < -0.4 is 11.1 Å². The van der Waals surface area contributed by atoms with Gasteiger partial charge in [-0.2, -0.15) is 0 Å². The van der Waals surface area contributed by atoms with E-state index in [-0.39, 0.29) is 36.6 Å². The van der Waals surface area contributed by atoms with Crippen LogP contribution in [0.15, 0.2) is 24.3 Å². The third-order valence-electron chi connectivity index (χ3n) is 5.31. The van der Waals surface area contributed by atoms with E-state index in [1.807, 2.05) is 12.1 Å². The Morgan fingerprint density at radius 1 is 1.15 bits per heavy atom. The lowest BCUT2D eigenvalue weighted by molar-refractivity contribution is -0.119. The Balaban J connectivity index is 0.00000182. The van der Waals surface area contributed by atoms with Gasteiger partial charge in [0.05, 0.1) is 19.3 Å². The van der Waals surface area contributed by atoms with Gasteiger partial charge in [0.1, 0.15) is 0 Å². The summed E-state index contributed by atoms with van der Waals surface area (Å²) in [6.45, 7) is 7.01. The number of hydrogen-bond acceptors (Lipinski definition) is 5. The molecule has 2 aliphatic heterocycles. The molecule has 1 amide bonds. The zero-order chi connectivity index (χ0) is 17.6. The molecule has 2 atom stereocenters. The van der Waals surface area contributed by atoms with E-state index < -0.39 is 6.04 Å². The lowest BCUT2D eigenvalue weighted by atomic mass is 9.92. The van der Waals surface area contributed by atoms with Crippen LogP contribution in [0.5, 0.6) is 0 Å². The van der Waals surface area contributed by atoms with Gasteiger partial charge in [-0.15, -0.1) is 24.8 Å². The molecule has 3 N–H and O–H groups in total. The molecule has 3 rings (SSSR count). The van der Waals surface area contributed by atoms with Crippen LogP contribution >= 0.6 is 24.8 Å². The van der Waals surface area contributed by atoms with Gasteiger partial charge < -0.3 is 20.5 Å². The van der Waals surface area contributed by atoms with Gasteiger partial charge in [0.15, 0.2) is 0 Å². The maximum atomic E-state index is 12.5. The average molecular weight is 420 g/mol. The molecule has 1 aromatic rings. The quantitative estimate of drug-likeness (QED) is 0.766. The number of benzene rings is 1. The summed E-state index contributed by atoms with van der Waals surface area (Å²) in [5.41, 5.74) is 8.17. The number of carbonyl (C=O) groups is 1. The van der Waals surface area contributed by atoms with Crippen molar-refractivity contribution in [2.75, 3.05) is 44.8 Å². The summed E-state index contributed by atoms with van der Waals surface area (Å²) < 4.78 is 10.8. The van der Waals surface area contributed by atoms with Crippen molar-refractivity contribution in [1.82, 2.24) is 4.90 Å². The lowest BCUT2D eigenvalue weighted by Crippen LogP contribution is -2.44. The zero-order valence-corrected chi connectivity index (χ0v) is 17.4. The molecule has 0 bridgehead atoms. The molecule has 0 spiro atoms. The van der Waals surface area contributed by atoms with Crippen molar-refractivity contribution in [2.45, 2.75) is 31.8 Å². The molecule has 27 heavy (non-hydrogen) atoms. The van der Waals surface area contributed by atoms with E-state index in [2.05, 4.69) is 29.3 Å². The Morgan fingerprint density at radius 3 is 2.44 bits per heavy atom. The van der Waals surface area contributed by atoms with Gasteiger partial charge in [-0.3, -0.25) is 9.69 Å². The fourth-order valence-corrected chi connectivity index (χ4v) is 3.57. The first-order valence-corrected chi connectivity index (χ1v) is 9.21. The molecule has 0 radical (unpaired) electrons. The molecule has 8 heteroatoms. The Labute approximate surface area is 174 Å². The molecule has 0 aromatic heterocycles. The van der Waals surface area contributed by atoms with E-state index >= 15 is 0 Å². The largest absolute Gasteiger partial charge is 0.381 e. The number of anilines is 1. The maximum Gasteiger partial charge on any atom is 0.241 e. The number of halogens is 2. The van der Waals surface area contributed by atoms with Crippen molar-refractivity contribution < 1.29 is 14.3 Å². The number of ether oxygens (including phenoxy) is 2. The summed E-state index contributed by atoms with van der Waals surface area (Å²) in [6.07, 6.45) is 1.70. The van der Waals surface area contributed by atoms with Crippen LogP contribution in [0.1, 0.15) is 31.4 Å². The SMILES string of the molecule is CC(c1cccc(NC(=O)C(N)C2CCOCC2)c1)N1CCOCC1.Cl.Cl. The molecular weight excluding hydrogens is 389 g/mol. The van der Waals surface area contributed by atoms with E-state index in [4.69, 9.17) is 15.2 Å². The maximum absolute atomic E-state index is 12.5. The first-order valence-electron chi connectivity index (χ1n) is 9.21. The third-order valence-corrected chi connectivity index (χ3v) is 5.31. The number of nitrogens with zero attached hydrogens (tertiary/aromatic N) is 1. The molecule has 2 unspecified atom stereocenters. The van der Waals surface area contributed by atoms with Crippen molar-refractivity contribution in [3.05, 3.63) is 29.8 Å². The first-order chi connectivity index (χ1) is 12.1. The van der Waals surface area contributed by atoms with Crippen molar-refractivity contribution in [3.63, 3.8) is 0 Å². The van der Waals surface area contributed by atoms with Crippen molar-refractivity contribution in [1.29, 1.82) is 0 Å². The van der Waals surface area contributed by atoms with Crippen molar-refractivity contribution in [3.8, 4) is 0 Å². The Bertz CT molecular complexity index is 579. The first kappa shape index (κ1) is 24.1. The fraction of sp³-hybridized carbons (Fsp3) is 0.632. The summed E-state index contributed by atoms with van der Waals surface area (Å²) in [4.78, 5) is 14.9. The van der Waals surface area contributed by atoms with Gasteiger partial charge in [-0.1, -0.05) is 12.1 Å². The van der Waals surface area contributed by atoms with Gasteiger partial charge in [-0.25, -0.2) is 0 Å². The Morgan fingerprint density at radius 2 is 1.78 bits per heavy atom. The van der Waals surface area contributed by atoms with Crippen molar-refractivity contribution >= 4 is 36.4 Å². The number of nitrogens with two attached hydrogens (primary N) is 1. The van der Waals surface area contributed by atoms with Crippen LogP contribution in [-0.4, -0.2) is 56.4 Å². The van der Waals surface area contributed by atoms with Crippen LogP contribution in [-0.2, 0) is 14.3 Å². The molecule has 6 nitrogen and oxygen atoms in total. The topological polar surface area (TPSA) is 76.8 Å². The number of carbonyl (C=O) groups excluding carboxylic acids is 1. The van der Waals surface area contributed by atoms with E-state index in [1.165, 1.54) is 5.56 Å². The number of rotatable bonds is 5. The van der Waals surface area contributed by atoms with Crippen LogP contribution in [0.4, 0.5) is 5.69 Å². The number of morpholine rings is 1. The van der Waals surface area contributed by atoms with Crippen LogP contribution in [0.3, 0.4) is 0 Å². The molecule has 2 heterocycles. The van der Waals surface area contributed by atoms with Crippen molar-refractivity contribution in [2.24, 2.45) is 11.7 Å². The Kier molecular flexibility index (Phi) is 10.6. The molecule has 0 saturated carbocycles. The van der Waals surface area contributed by atoms with E-state index in [1.54, 1.807) is 0 Å². The van der Waals surface area contributed by atoms with Gasteiger partial charge in [0, 0.05) is 38.0 Å². The third kappa shape index (κ3) is 6.59. The molecule has 2 saturated heterocycles. The van der Waals surface area contributed by atoms with Crippen LogP contribution in [0, 0.1) is 5.92 Å². The smallest absolute Gasteiger partial charge is 0.241 e. The van der Waals surface area contributed by atoms with Gasteiger partial charge in [-0.05, 0) is 43.4 Å². The van der Waals surface area contributed by atoms with Gasteiger partial charge in [0.25, 0.3) is 0 Å². The molecule has 154 valence electrons. The minimum absolute atomic E-state index is 0. The summed E-state index contributed by atoms with van der Waals surface area (Å²) in [7, 11) is 0. The molecule has 2 fully saturated rings. The lowest BCUT2D eigenvalue weighted by Gasteiger charge is -2.32. The summed E-state index contributed by atoms with van der Waals surface area (Å²) in [6, 6.07) is 7.88. The molecule has 0 aliphatic carbocycles. The van der Waals surface area contributed by atoms with E-state index in [0.29, 0.717) is 19.3 Å². The highest BCUT2D eigenvalue weighted by Crippen LogP contribution is 2.24. The highest BCUT2D eigenvalue weighted by atomic mass is 35.5. The summed E-state index contributed by atoms with van der Waals surface area (Å²) >= 11 is 0. The number of amides is 1. The summed E-state index contributed by atoms with van der Waals surface area (Å²) in [5, 5.41) is 2.99. The predicted octanol–water partition coefficient (Wildman–Crippen LogP) is 2.62. The Hall–Kier alpha value is -0.890. The molecule has 2 aliphatic rings. The zero-order valence-electron chi connectivity index (χ0n) is 15.8. The highest BCUT2D eigenvalue weighted by Gasteiger charge is 2.26. The second-order valence-corrected chi connectivity index (χ2v) is 6.91. The molecule has 1 aromatic carbocycles. The second kappa shape index (κ2) is 11.8. The normalized spacial score (nSPS) is 20.7. The standard InChI is InChI=1S/C19H29N3O3.2ClH/c1-14(22-7-11-25-12-8-22)16-3-2-4-17(13-16)21-19(23)18(20)15-5-9-24-10-6-15;;/h2-4,13-15,18H,5-12,20H2,1H3,(H,21,23);2*1H. The number of nitrogens with one attached hydrogen (secondary N) is 1. The minimum Gasteiger partial charge on any atom is -0.381 e. The fourth-order valence-electron chi connectivity index (χ4n) is 3.57. The van der Waals surface area contributed by atoms with Crippen LogP contribution in [0.2, 0.25) is 0 Å². The number of hydrogen-bond donors (Lipinski definition) is 2. The van der Waals surface area contributed by atoms with Gasteiger partial charge >= 0.3 is 0 Å². The van der Waals surface area contributed by atoms with E-state index in [9.17, 15) is 4.79 Å². The highest BCUT2D eigenvalue weighted by molar-refractivity contribution is 5.95. The molecular formula is C19H31Cl2N3O3. The van der Waals surface area contributed by atoms with Crippen LogP contribution in [0.25, 0.3) is 0 Å². The van der Waals surface area contributed by atoms with Gasteiger partial charge in [0.2, 0.25) is 5.91 Å². The second-order valence-electron chi connectivity index (χ2n) is 6.91. The predicted molar refractivity (Wildman–Crippen MR) is 112 cm³/mol. The minimum atomic E-state index is -0.482. The van der Waals surface area contributed by atoms with E-state index in [0.717, 1.165) is 44.8 Å².